The Morgan fingerprint density at radius 2 is 1.89 bits per heavy atom. The van der Waals surface area contributed by atoms with Crippen LogP contribution in [0.1, 0.15) is 15.9 Å². The van der Waals surface area contributed by atoms with Gasteiger partial charge in [-0.15, -0.1) is 0 Å². The highest BCUT2D eigenvalue weighted by molar-refractivity contribution is 6.05. The quantitative estimate of drug-likeness (QED) is 0.544. The molecular weight excluding hydrogens is 354 g/mol. The van der Waals surface area contributed by atoms with Gasteiger partial charge >= 0.3 is 5.69 Å². The number of rotatable bonds is 3. The van der Waals surface area contributed by atoms with E-state index in [0.717, 1.165) is 4.57 Å². The van der Waals surface area contributed by atoms with Crippen molar-refractivity contribution in [3.05, 3.63) is 72.5 Å². The summed E-state index contributed by atoms with van der Waals surface area (Å²) < 4.78 is 2.14. The van der Waals surface area contributed by atoms with E-state index >= 15 is 0 Å². The number of fused-ring (bicyclic) bond motifs is 1. The second-order valence-electron chi connectivity index (χ2n) is 6.01. The summed E-state index contributed by atoms with van der Waals surface area (Å²) in [4.78, 5) is 51.2. The third kappa shape index (κ3) is 3.08. The van der Waals surface area contributed by atoms with E-state index in [9.17, 15) is 24.5 Å². The highest BCUT2D eigenvalue weighted by atomic mass is 16.6. The van der Waals surface area contributed by atoms with Crippen LogP contribution in [-0.4, -0.2) is 24.9 Å². The lowest BCUT2D eigenvalue weighted by Gasteiger charge is -2.09. The van der Waals surface area contributed by atoms with Crippen molar-refractivity contribution in [2.45, 2.75) is 6.92 Å². The maximum atomic E-state index is 12.5. The average molecular weight is 369 g/mol. The fourth-order valence-corrected chi connectivity index (χ4v) is 2.68. The molecule has 1 amide bonds. The number of nitrogens with one attached hydrogen (secondary N) is 1. The first-order chi connectivity index (χ1) is 12.7. The van der Waals surface area contributed by atoms with Gasteiger partial charge in [-0.25, -0.2) is 9.78 Å². The van der Waals surface area contributed by atoms with Crippen molar-refractivity contribution in [1.82, 2.24) is 14.1 Å². The van der Waals surface area contributed by atoms with Gasteiger partial charge in [0.05, 0.1) is 15.9 Å². The van der Waals surface area contributed by atoms with Gasteiger partial charge in [0.2, 0.25) is 0 Å². The monoisotopic (exact) mass is 369 g/mol. The summed E-state index contributed by atoms with van der Waals surface area (Å²) in [6, 6.07) is 5.65. The number of aromatic nitrogens is 3. The smallest absolute Gasteiger partial charge is 0.322 e. The average Bonchev–Trinajstić information content (AvgIpc) is 2.65. The van der Waals surface area contributed by atoms with E-state index < -0.39 is 22.1 Å². The number of amides is 1. The Morgan fingerprint density at radius 3 is 2.56 bits per heavy atom. The Labute approximate surface area is 151 Å². The van der Waals surface area contributed by atoms with Gasteiger partial charge in [-0.2, -0.15) is 0 Å². The molecule has 0 saturated heterocycles. The summed E-state index contributed by atoms with van der Waals surface area (Å²) in [5.41, 5.74) is -0.258. The van der Waals surface area contributed by atoms with E-state index in [2.05, 4.69) is 10.3 Å². The summed E-state index contributed by atoms with van der Waals surface area (Å²) in [6.45, 7) is 1.59. The van der Waals surface area contributed by atoms with Gasteiger partial charge in [-0.1, -0.05) is 6.07 Å². The van der Waals surface area contributed by atoms with Crippen LogP contribution in [0.4, 0.5) is 11.4 Å². The number of nitro groups is 1. The van der Waals surface area contributed by atoms with Crippen LogP contribution >= 0.6 is 0 Å². The molecule has 0 aliphatic rings. The van der Waals surface area contributed by atoms with Crippen molar-refractivity contribution in [3.8, 4) is 0 Å². The SMILES string of the molecule is Cc1ccc(NC(=O)c2cnc3c(c2)c(=O)n(C)c(=O)n3C)cc1[N+](=O)[O-]. The fourth-order valence-electron chi connectivity index (χ4n) is 2.68. The molecule has 0 bridgehead atoms. The van der Waals surface area contributed by atoms with Crippen LogP contribution in [-0.2, 0) is 14.1 Å². The molecule has 3 aromatic rings. The summed E-state index contributed by atoms with van der Waals surface area (Å²) >= 11 is 0. The van der Waals surface area contributed by atoms with Crippen LogP contribution in [0.2, 0.25) is 0 Å². The molecule has 10 heteroatoms. The van der Waals surface area contributed by atoms with Crippen molar-refractivity contribution in [2.75, 3.05) is 5.32 Å². The molecule has 0 fully saturated rings. The molecule has 138 valence electrons. The van der Waals surface area contributed by atoms with Gasteiger partial charge in [0, 0.05) is 37.6 Å². The largest absolute Gasteiger partial charge is 0.332 e. The molecule has 1 aromatic carbocycles. The number of carbonyl (C=O) groups excluding carboxylic acids is 1. The maximum absolute atomic E-state index is 12.5. The van der Waals surface area contributed by atoms with Gasteiger partial charge in [0.15, 0.2) is 0 Å². The number of benzene rings is 1. The first-order valence-electron chi connectivity index (χ1n) is 7.83. The normalized spacial score (nSPS) is 10.8. The molecule has 1 N–H and O–H groups in total. The summed E-state index contributed by atoms with van der Waals surface area (Å²) in [7, 11) is 2.81. The van der Waals surface area contributed by atoms with Crippen molar-refractivity contribution in [3.63, 3.8) is 0 Å². The summed E-state index contributed by atoms with van der Waals surface area (Å²) in [5, 5.41) is 13.7. The van der Waals surface area contributed by atoms with Crippen molar-refractivity contribution in [1.29, 1.82) is 0 Å². The van der Waals surface area contributed by atoms with Crippen LogP contribution in [0.25, 0.3) is 11.0 Å². The lowest BCUT2D eigenvalue weighted by Crippen LogP contribution is -2.37. The fraction of sp³-hybridized carbons (Fsp3) is 0.176. The van der Waals surface area contributed by atoms with E-state index in [0.29, 0.717) is 5.56 Å². The number of nitro benzene ring substituents is 1. The van der Waals surface area contributed by atoms with Crippen LogP contribution in [0, 0.1) is 17.0 Å². The van der Waals surface area contributed by atoms with Gasteiger partial charge in [-0.3, -0.25) is 28.8 Å². The van der Waals surface area contributed by atoms with E-state index in [1.165, 1.54) is 49.1 Å². The minimum atomic E-state index is -0.585. The molecule has 0 saturated carbocycles. The molecule has 2 aromatic heterocycles. The Morgan fingerprint density at radius 1 is 1.19 bits per heavy atom. The first-order valence-corrected chi connectivity index (χ1v) is 7.83. The van der Waals surface area contributed by atoms with E-state index in [1.54, 1.807) is 6.92 Å². The number of nitrogens with zero attached hydrogens (tertiary/aromatic N) is 4. The second kappa shape index (κ2) is 6.48. The van der Waals surface area contributed by atoms with Crippen LogP contribution < -0.4 is 16.6 Å². The van der Waals surface area contributed by atoms with Crippen molar-refractivity contribution in [2.24, 2.45) is 14.1 Å². The minimum Gasteiger partial charge on any atom is -0.322 e. The Bertz CT molecular complexity index is 1220. The topological polar surface area (TPSA) is 129 Å². The van der Waals surface area contributed by atoms with Crippen molar-refractivity contribution >= 4 is 28.3 Å². The van der Waals surface area contributed by atoms with Gasteiger partial charge in [0.1, 0.15) is 5.65 Å². The van der Waals surface area contributed by atoms with E-state index in [4.69, 9.17) is 0 Å². The number of anilines is 1. The van der Waals surface area contributed by atoms with Gasteiger partial charge < -0.3 is 5.32 Å². The lowest BCUT2D eigenvalue weighted by atomic mass is 10.1. The molecule has 10 nitrogen and oxygen atoms in total. The highest BCUT2D eigenvalue weighted by Crippen LogP contribution is 2.22. The zero-order valence-electron chi connectivity index (χ0n) is 14.7. The molecule has 0 unspecified atom stereocenters. The van der Waals surface area contributed by atoms with Gasteiger partial charge in [-0.05, 0) is 19.1 Å². The number of aryl methyl sites for hydroxylation is 2. The Hall–Kier alpha value is -3.82. The number of pyridine rings is 1. The number of hydrogen-bond donors (Lipinski definition) is 1. The molecule has 27 heavy (non-hydrogen) atoms. The zero-order chi connectivity index (χ0) is 19.9. The van der Waals surface area contributed by atoms with Crippen LogP contribution in [0.5, 0.6) is 0 Å². The molecular formula is C17H15N5O5. The Balaban J connectivity index is 2.02. The molecule has 0 aliphatic carbocycles. The predicted octanol–water partition coefficient (Wildman–Crippen LogP) is 1.10. The molecule has 0 spiro atoms. The van der Waals surface area contributed by atoms with Crippen LogP contribution in [0.3, 0.4) is 0 Å². The highest BCUT2D eigenvalue weighted by Gasteiger charge is 2.16. The van der Waals surface area contributed by atoms with Crippen molar-refractivity contribution < 1.29 is 9.72 Å². The minimum absolute atomic E-state index is 0.0847. The Kier molecular flexibility index (Phi) is 4.32. The van der Waals surface area contributed by atoms with Crippen LogP contribution in [0.15, 0.2) is 40.1 Å². The molecule has 0 aliphatic heterocycles. The number of hydrogen-bond acceptors (Lipinski definition) is 6. The third-order valence-electron chi connectivity index (χ3n) is 4.22. The number of carbonyl (C=O) groups is 1. The predicted molar refractivity (Wildman–Crippen MR) is 98.0 cm³/mol. The third-order valence-corrected chi connectivity index (χ3v) is 4.22. The zero-order valence-corrected chi connectivity index (χ0v) is 14.7. The maximum Gasteiger partial charge on any atom is 0.332 e. The standard InChI is InChI=1S/C17H15N5O5/c1-9-4-5-11(7-13(9)22(26)27)19-15(23)10-6-12-14(18-8-10)20(2)17(25)21(3)16(12)24/h4-8H,1-3H3,(H,19,23). The molecule has 0 atom stereocenters. The summed E-state index contributed by atoms with van der Waals surface area (Å²) in [5.74, 6) is -0.585. The first kappa shape index (κ1) is 18.0. The second-order valence-corrected chi connectivity index (χ2v) is 6.01. The van der Waals surface area contributed by atoms with E-state index in [-0.39, 0.29) is 28.0 Å². The lowest BCUT2D eigenvalue weighted by molar-refractivity contribution is -0.385. The van der Waals surface area contributed by atoms with E-state index in [1.807, 2.05) is 0 Å². The molecule has 2 heterocycles. The molecule has 0 radical (unpaired) electrons. The van der Waals surface area contributed by atoms with Gasteiger partial charge in [0.25, 0.3) is 17.2 Å². The molecule has 3 rings (SSSR count). The summed E-state index contributed by atoms with van der Waals surface area (Å²) in [6.07, 6.45) is 1.24.